The molecule has 0 rings (SSSR count). The smallest absolute Gasteiger partial charge is 0.462 e. The quantitative estimate of drug-likeness (QED) is 0.0278. The molecular formula is C38H74NO11P. The van der Waals surface area contributed by atoms with Crippen LogP contribution in [0.3, 0.4) is 0 Å². The molecule has 1 N–H and O–H groups in total. The normalized spacial score (nSPS) is 13.0. The van der Waals surface area contributed by atoms with Crippen molar-refractivity contribution in [2.24, 2.45) is 0 Å². The minimum absolute atomic E-state index is 0.0173. The summed E-state index contributed by atoms with van der Waals surface area (Å²) >= 11 is 0. The third-order valence-corrected chi connectivity index (χ3v) is 9.89. The number of ether oxygens (including phenoxy) is 4. The number of alkyl carbamates (subject to hydrolysis) is 1. The molecule has 0 spiro atoms. The Bertz CT molecular complexity index is 877. The average Bonchev–Trinajstić information content (AvgIpc) is 3.12. The number of nitrogens with one attached hydrogen (secondary N) is 1. The molecule has 0 radical (unpaired) electrons. The maximum Gasteiger partial charge on any atom is 0.474 e. The van der Waals surface area contributed by atoms with E-state index < -0.39 is 26.0 Å². The van der Waals surface area contributed by atoms with E-state index in [4.69, 9.17) is 32.5 Å². The van der Waals surface area contributed by atoms with Crippen LogP contribution in [0.2, 0.25) is 0 Å². The van der Waals surface area contributed by atoms with Crippen LogP contribution >= 0.6 is 7.82 Å². The predicted molar refractivity (Wildman–Crippen MR) is 201 cm³/mol. The number of phosphoric ester groups is 1. The molecule has 0 bridgehead atoms. The molecule has 302 valence electrons. The fraction of sp³-hybridized carbons (Fsp3) is 0.921. The second-order valence-electron chi connectivity index (χ2n) is 13.2. The van der Waals surface area contributed by atoms with Gasteiger partial charge in [-0.15, -0.1) is 0 Å². The molecule has 0 aromatic rings. The van der Waals surface area contributed by atoms with Crippen molar-refractivity contribution in [2.75, 3.05) is 53.8 Å². The molecule has 0 aliphatic carbocycles. The number of amides is 1. The van der Waals surface area contributed by atoms with E-state index in [0.29, 0.717) is 6.42 Å². The second-order valence-corrected chi connectivity index (χ2v) is 15.0. The van der Waals surface area contributed by atoms with Crippen molar-refractivity contribution < 1.29 is 51.5 Å². The summed E-state index contributed by atoms with van der Waals surface area (Å²) in [6.07, 6.45) is 24.7. The monoisotopic (exact) mass is 751 g/mol. The molecule has 0 saturated carbocycles. The number of methoxy groups -OCH3 is 1. The van der Waals surface area contributed by atoms with Crippen LogP contribution in [-0.2, 0) is 46.7 Å². The van der Waals surface area contributed by atoms with Gasteiger partial charge in [-0.25, -0.2) is 9.36 Å². The van der Waals surface area contributed by atoms with Gasteiger partial charge in [0, 0.05) is 33.6 Å². The number of hydrogen-bond acceptors (Lipinski definition) is 11. The molecule has 1 amide bonds. The third-order valence-electron chi connectivity index (χ3n) is 8.48. The van der Waals surface area contributed by atoms with Crippen molar-refractivity contribution in [3.63, 3.8) is 0 Å². The van der Waals surface area contributed by atoms with Crippen molar-refractivity contribution in [3.8, 4) is 0 Å². The number of carbonyl (C=O) groups is 3. The number of rotatable bonds is 38. The molecule has 0 aliphatic heterocycles. The largest absolute Gasteiger partial charge is 0.474 e. The van der Waals surface area contributed by atoms with Crippen LogP contribution in [0, 0.1) is 0 Å². The lowest BCUT2D eigenvalue weighted by Gasteiger charge is -2.21. The zero-order valence-electron chi connectivity index (χ0n) is 32.7. The van der Waals surface area contributed by atoms with Gasteiger partial charge in [0.2, 0.25) is 0 Å². The summed E-state index contributed by atoms with van der Waals surface area (Å²) in [5.74, 6) is -0.822. The van der Waals surface area contributed by atoms with Gasteiger partial charge in [0.25, 0.3) is 0 Å². The zero-order valence-corrected chi connectivity index (χ0v) is 33.6. The van der Waals surface area contributed by atoms with Gasteiger partial charge in [-0.3, -0.25) is 23.2 Å². The fourth-order valence-electron chi connectivity index (χ4n) is 5.38. The molecule has 51 heavy (non-hydrogen) atoms. The van der Waals surface area contributed by atoms with Crippen molar-refractivity contribution >= 4 is 25.9 Å². The number of unbranched alkanes of at least 4 members (excludes halogenated alkanes) is 20. The van der Waals surface area contributed by atoms with Crippen molar-refractivity contribution in [3.05, 3.63) is 0 Å². The van der Waals surface area contributed by atoms with E-state index in [-0.39, 0.29) is 58.4 Å². The van der Waals surface area contributed by atoms with Gasteiger partial charge >= 0.3 is 25.9 Å². The van der Waals surface area contributed by atoms with E-state index in [9.17, 15) is 18.9 Å². The lowest BCUT2D eigenvalue weighted by atomic mass is 10.1. The highest BCUT2D eigenvalue weighted by Gasteiger charge is 2.28. The molecule has 13 heteroatoms. The van der Waals surface area contributed by atoms with Crippen LogP contribution in [0.5, 0.6) is 0 Å². The van der Waals surface area contributed by atoms with Crippen LogP contribution in [0.4, 0.5) is 4.79 Å². The van der Waals surface area contributed by atoms with Crippen molar-refractivity contribution in [1.82, 2.24) is 5.32 Å². The van der Waals surface area contributed by atoms with Gasteiger partial charge < -0.3 is 24.3 Å². The van der Waals surface area contributed by atoms with Gasteiger partial charge in [0.1, 0.15) is 13.2 Å². The summed E-state index contributed by atoms with van der Waals surface area (Å²) in [6, 6.07) is 0. The van der Waals surface area contributed by atoms with Crippen LogP contribution in [0.15, 0.2) is 0 Å². The van der Waals surface area contributed by atoms with Crippen molar-refractivity contribution in [1.29, 1.82) is 0 Å². The molecule has 0 aliphatic rings. The van der Waals surface area contributed by atoms with E-state index in [1.165, 1.54) is 103 Å². The van der Waals surface area contributed by atoms with Crippen LogP contribution in [0.1, 0.15) is 168 Å². The Morgan fingerprint density at radius 3 is 1.49 bits per heavy atom. The molecular weight excluding hydrogens is 677 g/mol. The minimum atomic E-state index is -4.06. The van der Waals surface area contributed by atoms with Crippen LogP contribution in [0.25, 0.3) is 0 Å². The SMILES string of the molecule is CCCCCCCCCCCCCC(=O)OCC(COP(=O)(OC)OCCNC(=O)OCCOC)OC(=O)CCCCCCCCCCCCC. The molecule has 0 heterocycles. The highest BCUT2D eigenvalue weighted by atomic mass is 31.2. The lowest BCUT2D eigenvalue weighted by molar-refractivity contribution is -0.161. The van der Waals surface area contributed by atoms with Crippen LogP contribution < -0.4 is 5.32 Å². The molecule has 2 atom stereocenters. The number of carbonyl (C=O) groups excluding carboxylic acids is 3. The zero-order chi connectivity index (χ0) is 37.7. The summed E-state index contributed by atoms with van der Waals surface area (Å²) in [5, 5.41) is 2.45. The van der Waals surface area contributed by atoms with Gasteiger partial charge in [0.15, 0.2) is 6.10 Å². The maximum atomic E-state index is 13.0. The first-order valence-electron chi connectivity index (χ1n) is 20.0. The van der Waals surface area contributed by atoms with E-state index in [1.807, 2.05) is 0 Å². The van der Waals surface area contributed by atoms with E-state index in [0.717, 1.165) is 45.6 Å². The number of esters is 2. The van der Waals surface area contributed by atoms with E-state index in [1.54, 1.807) is 0 Å². The summed E-state index contributed by atoms with van der Waals surface area (Å²) in [6.45, 7) is 3.99. The first-order valence-corrected chi connectivity index (χ1v) is 21.5. The van der Waals surface area contributed by atoms with Crippen LogP contribution in [-0.4, -0.2) is 77.9 Å². The summed E-state index contributed by atoms with van der Waals surface area (Å²) in [4.78, 5) is 36.8. The first kappa shape index (κ1) is 49.3. The Hall–Kier alpha value is -1.72. The average molecular weight is 752 g/mol. The van der Waals surface area contributed by atoms with Gasteiger partial charge in [-0.1, -0.05) is 142 Å². The summed E-state index contributed by atoms with van der Waals surface area (Å²) in [5.41, 5.74) is 0. The Morgan fingerprint density at radius 2 is 1.02 bits per heavy atom. The molecule has 0 fully saturated rings. The third kappa shape index (κ3) is 33.8. The van der Waals surface area contributed by atoms with E-state index in [2.05, 4.69) is 19.2 Å². The Kier molecular flexibility index (Phi) is 35.4. The van der Waals surface area contributed by atoms with Gasteiger partial charge in [-0.05, 0) is 12.8 Å². The molecule has 0 aromatic carbocycles. The summed E-state index contributed by atoms with van der Waals surface area (Å²) in [7, 11) is -1.41. The van der Waals surface area contributed by atoms with Crippen molar-refractivity contribution in [2.45, 2.75) is 174 Å². The summed E-state index contributed by atoms with van der Waals surface area (Å²) < 4.78 is 49.4. The predicted octanol–water partition coefficient (Wildman–Crippen LogP) is 10.0. The van der Waals surface area contributed by atoms with Gasteiger partial charge in [0.05, 0.1) is 19.8 Å². The lowest BCUT2D eigenvalue weighted by Crippen LogP contribution is -2.30. The molecule has 0 saturated heterocycles. The number of hydrogen-bond donors (Lipinski definition) is 1. The van der Waals surface area contributed by atoms with E-state index >= 15 is 0 Å². The Labute approximate surface area is 310 Å². The topological polar surface area (TPSA) is 145 Å². The Balaban J connectivity index is 4.64. The van der Waals surface area contributed by atoms with Gasteiger partial charge in [-0.2, -0.15) is 0 Å². The first-order chi connectivity index (χ1) is 24.8. The second kappa shape index (κ2) is 36.6. The highest BCUT2D eigenvalue weighted by Crippen LogP contribution is 2.48. The molecule has 0 aromatic heterocycles. The fourth-order valence-corrected chi connectivity index (χ4v) is 6.33. The number of phosphoric acid groups is 1. The molecule has 2 unspecified atom stereocenters. The maximum absolute atomic E-state index is 13.0. The highest BCUT2D eigenvalue weighted by molar-refractivity contribution is 7.48. The minimum Gasteiger partial charge on any atom is -0.462 e. The molecule has 12 nitrogen and oxygen atoms in total. The standard InChI is InChI=1S/C38H74NO11P/c1-5-7-9-11-13-15-17-19-21-23-25-27-36(40)47-33-35(50-37(41)28-26-24-22-20-18-16-14-12-10-8-6-2)34-49-51(43,45-4)48-30-29-39-38(42)46-32-31-44-3/h35H,5-34H2,1-4H3,(H,39,42). The Morgan fingerprint density at radius 1 is 0.549 bits per heavy atom.